The van der Waals surface area contributed by atoms with Gasteiger partial charge < -0.3 is 0 Å². The number of hydrogen-bond donors (Lipinski definition) is 0. The molecule has 0 N–H and O–H groups in total. The van der Waals surface area contributed by atoms with Gasteiger partial charge in [0.05, 0.1) is 5.92 Å². The van der Waals surface area contributed by atoms with Crippen LogP contribution in [0.4, 0.5) is 13.2 Å². The van der Waals surface area contributed by atoms with E-state index in [1.165, 1.54) is 6.92 Å². The fourth-order valence-corrected chi connectivity index (χ4v) is 3.40. The van der Waals surface area contributed by atoms with Crippen LogP contribution in [0.3, 0.4) is 0 Å². The summed E-state index contributed by atoms with van der Waals surface area (Å²) < 4.78 is 38.0. The molecule has 4 unspecified atom stereocenters. The maximum Gasteiger partial charge on any atom is 0.392 e. The summed E-state index contributed by atoms with van der Waals surface area (Å²) >= 11 is 0. The lowest BCUT2D eigenvalue weighted by Gasteiger charge is -2.26. The van der Waals surface area contributed by atoms with Gasteiger partial charge in [-0.05, 0) is 23.7 Å². The second-order valence-electron chi connectivity index (χ2n) is 4.53. The Morgan fingerprint density at radius 3 is 2.00 bits per heavy atom. The van der Waals surface area contributed by atoms with Crippen LogP contribution in [0.25, 0.3) is 0 Å². The van der Waals surface area contributed by atoms with Crippen molar-refractivity contribution in [2.24, 2.45) is 23.2 Å². The van der Waals surface area contributed by atoms with E-state index in [1.54, 1.807) is 0 Å². The van der Waals surface area contributed by atoms with Gasteiger partial charge in [0.15, 0.2) is 0 Å². The van der Waals surface area contributed by atoms with Crippen LogP contribution in [-0.4, -0.2) is 6.18 Å². The average Bonchev–Trinajstić information content (AvgIpc) is 2.68. The molecule has 1 saturated carbocycles. The molecule has 14 heavy (non-hydrogen) atoms. The number of rotatable bonds is 3. The largest absolute Gasteiger partial charge is 0.392 e. The van der Waals surface area contributed by atoms with Crippen LogP contribution in [0.1, 0.15) is 40.5 Å². The molecule has 84 valence electrons. The van der Waals surface area contributed by atoms with Gasteiger partial charge in [0.1, 0.15) is 0 Å². The monoisotopic (exact) mass is 208 g/mol. The highest BCUT2D eigenvalue weighted by Crippen LogP contribution is 2.69. The van der Waals surface area contributed by atoms with Crippen molar-refractivity contribution in [3.05, 3.63) is 0 Å². The fourth-order valence-electron chi connectivity index (χ4n) is 3.40. The molecule has 0 saturated heterocycles. The lowest BCUT2D eigenvalue weighted by molar-refractivity contribution is -0.191. The molecule has 0 bridgehead atoms. The molecule has 0 nitrogen and oxygen atoms in total. The zero-order valence-electron chi connectivity index (χ0n) is 9.28. The Morgan fingerprint density at radius 1 is 1.29 bits per heavy atom. The van der Waals surface area contributed by atoms with Gasteiger partial charge in [-0.15, -0.1) is 0 Å². The Balaban J connectivity index is 2.84. The van der Waals surface area contributed by atoms with Gasteiger partial charge in [-0.2, -0.15) is 13.2 Å². The van der Waals surface area contributed by atoms with E-state index in [0.717, 1.165) is 6.42 Å². The standard InChI is InChI=1S/C11H19F3/c1-5-9-7(3)10(9,6-2)8(4)11(12,13)14/h7-9H,5-6H2,1-4H3. The molecule has 0 aliphatic heterocycles. The number of alkyl halides is 3. The van der Waals surface area contributed by atoms with Gasteiger partial charge in [0.2, 0.25) is 0 Å². The minimum Gasteiger partial charge on any atom is -0.171 e. The minimum absolute atomic E-state index is 0.231. The topological polar surface area (TPSA) is 0 Å². The molecule has 0 aromatic carbocycles. The molecule has 0 heterocycles. The van der Waals surface area contributed by atoms with E-state index in [4.69, 9.17) is 0 Å². The highest BCUT2D eigenvalue weighted by Gasteiger charge is 2.67. The molecule has 0 aromatic rings. The number of hydrogen-bond acceptors (Lipinski definition) is 0. The number of halogens is 3. The van der Waals surface area contributed by atoms with Crippen LogP contribution in [-0.2, 0) is 0 Å². The van der Waals surface area contributed by atoms with Gasteiger partial charge in [-0.3, -0.25) is 0 Å². The first-order valence-corrected chi connectivity index (χ1v) is 5.39. The van der Waals surface area contributed by atoms with Crippen LogP contribution >= 0.6 is 0 Å². The van der Waals surface area contributed by atoms with Gasteiger partial charge in [0, 0.05) is 0 Å². The van der Waals surface area contributed by atoms with Crippen molar-refractivity contribution in [3.8, 4) is 0 Å². The molecule has 1 fully saturated rings. The van der Waals surface area contributed by atoms with Gasteiger partial charge >= 0.3 is 6.18 Å². The first kappa shape index (κ1) is 11.9. The summed E-state index contributed by atoms with van der Waals surface area (Å²) in [5.74, 6) is -0.654. The summed E-state index contributed by atoms with van der Waals surface area (Å²) in [4.78, 5) is 0. The van der Waals surface area contributed by atoms with Gasteiger partial charge in [-0.1, -0.05) is 34.1 Å². The summed E-state index contributed by atoms with van der Waals surface area (Å²) in [6.45, 7) is 7.17. The Kier molecular flexibility index (Phi) is 2.90. The summed E-state index contributed by atoms with van der Waals surface area (Å²) in [6.07, 6.45) is -2.52. The van der Waals surface area contributed by atoms with Crippen LogP contribution in [0.2, 0.25) is 0 Å². The smallest absolute Gasteiger partial charge is 0.171 e. The molecule has 3 heteroatoms. The van der Waals surface area contributed by atoms with E-state index in [-0.39, 0.29) is 11.8 Å². The lowest BCUT2D eigenvalue weighted by Crippen LogP contribution is -2.30. The Hall–Kier alpha value is -0.210. The maximum atomic E-state index is 12.7. The molecule has 0 amide bonds. The molecule has 1 aliphatic rings. The Labute approximate surface area is 83.9 Å². The summed E-state index contributed by atoms with van der Waals surface area (Å²) in [5, 5.41) is 0. The molecule has 4 atom stereocenters. The Bertz CT molecular complexity index is 209. The third kappa shape index (κ3) is 1.45. The van der Waals surface area contributed by atoms with Crippen molar-refractivity contribution in [2.45, 2.75) is 46.7 Å². The maximum absolute atomic E-state index is 12.7. The zero-order chi connectivity index (χ0) is 11.1. The second kappa shape index (κ2) is 3.42. The van der Waals surface area contributed by atoms with E-state index in [1.807, 2.05) is 20.8 Å². The molecule has 0 spiro atoms. The van der Waals surface area contributed by atoms with Crippen molar-refractivity contribution in [1.29, 1.82) is 0 Å². The van der Waals surface area contributed by atoms with Crippen molar-refractivity contribution in [1.82, 2.24) is 0 Å². The summed E-state index contributed by atoms with van der Waals surface area (Å²) in [7, 11) is 0. The van der Waals surface area contributed by atoms with Crippen molar-refractivity contribution >= 4 is 0 Å². The third-order valence-electron chi connectivity index (χ3n) is 4.38. The zero-order valence-corrected chi connectivity index (χ0v) is 9.28. The van der Waals surface area contributed by atoms with Crippen molar-refractivity contribution in [3.63, 3.8) is 0 Å². The summed E-state index contributed by atoms with van der Waals surface area (Å²) in [6, 6.07) is 0. The minimum atomic E-state index is -4.03. The summed E-state index contributed by atoms with van der Waals surface area (Å²) in [5.41, 5.74) is -0.465. The van der Waals surface area contributed by atoms with E-state index in [2.05, 4.69) is 0 Å². The van der Waals surface area contributed by atoms with Gasteiger partial charge in [-0.25, -0.2) is 0 Å². The predicted molar refractivity (Wildman–Crippen MR) is 50.9 cm³/mol. The van der Waals surface area contributed by atoms with E-state index < -0.39 is 17.5 Å². The van der Waals surface area contributed by atoms with Gasteiger partial charge in [0.25, 0.3) is 0 Å². The normalized spacial score (nSPS) is 39.6. The van der Waals surface area contributed by atoms with Crippen molar-refractivity contribution in [2.75, 3.05) is 0 Å². The van der Waals surface area contributed by atoms with Crippen LogP contribution in [0.15, 0.2) is 0 Å². The first-order chi connectivity index (χ1) is 6.32. The van der Waals surface area contributed by atoms with Crippen LogP contribution < -0.4 is 0 Å². The van der Waals surface area contributed by atoms with Crippen LogP contribution in [0.5, 0.6) is 0 Å². The third-order valence-corrected chi connectivity index (χ3v) is 4.38. The predicted octanol–water partition coefficient (Wildman–Crippen LogP) is 4.26. The molecule has 0 aromatic heterocycles. The highest BCUT2D eigenvalue weighted by molar-refractivity contribution is 5.10. The quantitative estimate of drug-likeness (QED) is 0.650. The highest BCUT2D eigenvalue weighted by atomic mass is 19.4. The van der Waals surface area contributed by atoms with Crippen LogP contribution in [0, 0.1) is 23.2 Å². The second-order valence-corrected chi connectivity index (χ2v) is 4.53. The molecule has 1 rings (SSSR count). The van der Waals surface area contributed by atoms with E-state index in [9.17, 15) is 13.2 Å². The van der Waals surface area contributed by atoms with Crippen molar-refractivity contribution < 1.29 is 13.2 Å². The molecule has 0 radical (unpaired) electrons. The Morgan fingerprint density at radius 2 is 1.79 bits per heavy atom. The fraction of sp³-hybridized carbons (Fsp3) is 1.00. The average molecular weight is 208 g/mol. The van der Waals surface area contributed by atoms with E-state index >= 15 is 0 Å². The SMILES string of the molecule is CCC1C(C)C1(CC)C(C)C(F)(F)F. The molecular weight excluding hydrogens is 189 g/mol. The van der Waals surface area contributed by atoms with E-state index in [0.29, 0.717) is 6.42 Å². The first-order valence-electron chi connectivity index (χ1n) is 5.39. The molecule has 1 aliphatic carbocycles. The lowest BCUT2D eigenvalue weighted by atomic mass is 9.83. The molecular formula is C11H19F3.